The van der Waals surface area contributed by atoms with Crippen LogP contribution in [-0.2, 0) is 29.7 Å². The number of fused-ring (bicyclic) bond motifs is 1. The van der Waals surface area contributed by atoms with E-state index in [1.165, 1.54) is 0 Å². The fourth-order valence-electron chi connectivity index (χ4n) is 6.96. The van der Waals surface area contributed by atoms with E-state index in [-0.39, 0.29) is 23.5 Å². The highest BCUT2D eigenvalue weighted by Crippen LogP contribution is 2.42. The van der Waals surface area contributed by atoms with Crippen molar-refractivity contribution in [2.45, 2.75) is 44.9 Å². The minimum atomic E-state index is -0.179. The van der Waals surface area contributed by atoms with E-state index >= 15 is 0 Å². The van der Waals surface area contributed by atoms with Crippen molar-refractivity contribution in [2.24, 2.45) is 7.05 Å². The molecule has 5 heterocycles. The van der Waals surface area contributed by atoms with Crippen LogP contribution < -0.4 is 20.9 Å². The number of nitrogens with one attached hydrogen (secondary N) is 2. The standard InChI is InChI=1S/C38H40Cl2N8O4/c1-45(31-14-15-33(49)43-31)21-23-12-13-29(42-37(23)52-3)28-10-5-9-27(36(28)40)26-8-4-7-25(35(26)39)24-19-30-38(51)46(2)32(44-48(30)22-24)20-41-16-18-47-17-6-11-34(47)50/h4-5,7-10,12-13,19,22,31,41H,6,11,14-18,20-21H2,1-3H3,(H,43,49)/t31-/m0/s1. The van der Waals surface area contributed by atoms with Crippen LogP contribution in [0.2, 0.25) is 10.0 Å². The van der Waals surface area contributed by atoms with Gasteiger partial charge in [0.15, 0.2) is 0 Å². The van der Waals surface area contributed by atoms with Crippen molar-refractivity contribution in [3.63, 3.8) is 0 Å². The molecule has 0 unspecified atom stereocenters. The highest BCUT2D eigenvalue weighted by Gasteiger charge is 2.26. The summed E-state index contributed by atoms with van der Waals surface area (Å²) in [6.07, 6.45) is 4.57. The van der Waals surface area contributed by atoms with Crippen LogP contribution in [0.15, 0.2) is 65.6 Å². The molecule has 2 N–H and O–H groups in total. The van der Waals surface area contributed by atoms with Crippen molar-refractivity contribution in [3.05, 3.63) is 92.6 Å². The molecular formula is C38H40Cl2N8O4. The summed E-state index contributed by atoms with van der Waals surface area (Å²) >= 11 is 14.2. The third-order valence-electron chi connectivity index (χ3n) is 9.88. The number of nitrogens with zero attached hydrogens (tertiary/aromatic N) is 6. The van der Waals surface area contributed by atoms with Crippen LogP contribution >= 0.6 is 23.2 Å². The van der Waals surface area contributed by atoms with E-state index in [2.05, 4.69) is 15.5 Å². The molecule has 270 valence electrons. The van der Waals surface area contributed by atoms with E-state index in [1.54, 1.807) is 29.3 Å². The maximum absolute atomic E-state index is 13.4. The topological polar surface area (TPSA) is 126 Å². The quantitative estimate of drug-likeness (QED) is 0.169. The number of methoxy groups -OCH3 is 1. The third-order valence-corrected chi connectivity index (χ3v) is 10.7. The van der Waals surface area contributed by atoms with Gasteiger partial charge in [-0.05, 0) is 32.0 Å². The van der Waals surface area contributed by atoms with Crippen LogP contribution in [0.3, 0.4) is 0 Å². The zero-order valence-electron chi connectivity index (χ0n) is 29.3. The molecule has 5 aromatic rings. The monoisotopic (exact) mass is 742 g/mol. The van der Waals surface area contributed by atoms with Crippen LogP contribution in [0.1, 0.15) is 37.1 Å². The SMILES string of the molecule is COc1nc(-c2cccc(-c3cccc(-c4cc5c(=O)n(C)c(CNCCN6CCCC6=O)nn5c4)c3Cl)c2Cl)ccc1CN(C)[C@H]1CCC(=O)N1. The first kappa shape index (κ1) is 35.6. The molecule has 0 bridgehead atoms. The number of benzene rings is 2. The number of hydrogen-bond acceptors (Lipinski definition) is 8. The zero-order chi connectivity index (χ0) is 36.5. The van der Waals surface area contributed by atoms with Crippen molar-refractivity contribution in [2.75, 3.05) is 33.8 Å². The number of halogens is 2. The molecule has 2 amide bonds. The third kappa shape index (κ3) is 7.03. The van der Waals surface area contributed by atoms with Gasteiger partial charge in [-0.15, -0.1) is 0 Å². The lowest BCUT2D eigenvalue weighted by Crippen LogP contribution is -2.40. The molecular weight excluding hydrogens is 703 g/mol. The van der Waals surface area contributed by atoms with Crippen molar-refractivity contribution < 1.29 is 14.3 Å². The predicted octanol–water partition coefficient (Wildman–Crippen LogP) is 5.12. The van der Waals surface area contributed by atoms with Gasteiger partial charge in [-0.25, -0.2) is 9.50 Å². The normalized spacial score (nSPS) is 16.0. The van der Waals surface area contributed by atoms with Crippen molar-refractivity contribution in [1.82, 2.24) is 39.6 Å². The van der Waals surface area contributed by atoms with E-state index in [4.69, 9.17) is 38.0 Å². The molecule has 2 saturated heterocycles. The van der Waals surface area contributed by atoms with E-state index < -0.39 is 0 Å². The maximum atomic E-state index is 13.4. The van der Waals surface area contributed by atoms with Gasteiger partial charge < -0.3 is 20.3 Å². The summed E-state index contributed by atoms with van der Waals surface area (Å²) in [4.78, 5) is 45.8. The summed E-state index contributed by atoms with van der Waals surface area (Å²) in [6.45, 7) is 2.96. The molecule has 3 aromatic heterocycles. The zero-order valence-corrected chi connectivity index (χ0v) is 30.8. The molecule has 2 aliphatic rings. The number of rotatable bonds is 12. The number of hydrogen-bond donors (Lipinski definition) is 2. The molecule has 12 nitrogen and oxygen atoms in total. The molecule has 52 heavy (non-hydrogen) atoms. The van der Waals surface area contributed by atoms with Crippen molar-refractivity contribution in [1.29, 1.82) is 0 Å². The minimum Gasteiger partial charge on any atom is -0.481 e. The minimum absolute atomic E-state index is 0.0282. The van der Waals surface area contributed by atoms with E-state index in [0.29, 0.717) is 72.0 Å². The molecule has 0 aliphatic carbocycles. The fourth-order valence-corrected chi connectivity index (χ4v) is 7.62. The lowest BCUT2D eigenvalue weighted by Gasteiger charge is -2.24. The van der Waals surface area contributed by atoms with Crippen LogP contribution in [0.5, 0.6) is 5.88 Å². The highest BCUT2D eigenvalue weighted by atomic mass is 35.5. The van der Waals surface area contributed by atoms with E-state index in [9.17, 15) is 14.4 Å². The molecule has 1 atom stereocenters. The Kier molecular flexibility index (Phi) is 10.3. The van der Waals surface area contributed by atoms with Crippen molar-refractivity contribution >= 4 is 40.5 Å². The first-order chi connectivity index (χ1) is 25.1. The first-order valence-electron chi connectivity index (χ1n) is 17.3. The predicted molar refractivity (Wildman–Crippen MR) is 201 cm³/mol. The number of likely N-dealkylation sites (tertiary alicyclic amines) is 1. The number of amides is 2. The molecule has 0 spiro atoms. The van der Waals surface area contributed by atoms with Gasteiger partial charge in [0.25, 0.3) is 5.56 Å². The molecule has 2 fully saturated rings. The summed E-state index contributed by atoms with van der Waals surface area (Å²) in [5.74, 6) is 1.30. The van der Waals surface area contributed by atoms with Gasteiger partial charge in [0.1, 0.15) is 11.3 Å². The van der Waals surface area contributed by atoms with Crippen molar-refractivity contribution in [3.8, 4) is 39.4 Å². The highest BCUT2D eigenvalue weighted by molar-refractivity contribution is 6.39. The second-order valence-electron chi connectivity index (χ2n) is 13.2. The smallest absolute Gasteiger partial charge is 0.277 e. The molecule has 2 aliphatic heterocycles. The Morgan fingerprint density at radius 3 is 2.42 bits per heavy atom. The van der Waals surface area contributed by atoms with Gasteiger partial charge in [0.2, 0.25) is 17.7 Å². The second-order valence-corrected chi connectivity index (χ2v) is 14.0. The number of carbonyl (C=O) groups is 2. The van der Waals surface area contributed by atoms with Gasteiger partial charge in [0, 0.05) is 85.6 Å². The Morgan fingerprint density at radius 2 is 1.73 bits per heavy atom. The average Bonchev–Trinajstić information content (AvgIpc) is 3.89. The Labute approximate surface area is 311 Å². The summed E-state index contributed by atoms with van der Waals surface area (Å²) in [5.41, 5.74) is 5.43. The van der Waals surface area contributed by atoms with Gasteiger partial charge >= 0.3 is 0 Å². The van der Waals surface area contributed by atoms with Gasteiger partial charge in [-0.1, -0.05) is 65.7 Å². The van der Waals surface area contributed by atoms with Gasteiger partial charge in [0.05, 0.1) is 35.6 Å². The lowest BCUT2D eigenvalue weighted by molar-refractivity contribution is -0.127. The number of ether oxygens (including phenoxy) is 1. The number of aromatic nitrogens is 4. The average molecular weight is 744 g/mol. The van der Waals surface area contributed by atoms with Crippen LogP contribution in [0.25, 0.3) is 39.0 Å². The molecule has 2 aromatic carbocycles. The first-order valence-corrected chi connectivity index (χ1v) is 18.1. The number of pyridine rings is 1. The Hall–Kier alpha value is -4.75. The van der Waals surface area contributed by atoms with E-state index in [1.807, 2.05) is 66.7 Å². The van der Waals surface area contributed by atoms with Crippen LogP contribution in [0, 0.1) is 0 Å². The van der Waals surface area contributed by atoms with Crippen LogP contribution in [0.4, 0.5) is 0 Å². The fraction of sp³-hybridized carbons (Fsp3) is 0.342. The summed E-state index contributed by atoms with van der Waals surface area (Å²) in [5, 5.41) is 12.0. The maximum Gasteiger partial charge on any atom is 0.277 e. The summed E-state index contributed by atoms with van der Waals surface area (Å²) in [7, 11) is 5.26. The Morgan fingerprint density at radius 1 is 1.00 bits per heavy atom. The van der Waals surface area contributed by atoms with E-state index in [0.717, 1.165) is 52.8 Å². The summed E-state index contributed by atoms with van der Waals surface area (Å²) < 4.78 is 8.83. The molecule has 0 radical (unpaired) electrons. The lowest BCUT2D eigenvalue weighted by atomic mass is 9.97. The molecule has 14 heteroatoms. The largest absolute Gasteiger partial charge is 0.481 e. The summed E-state index contributed by atoms with van der Waals surface area (Å²) in [6, 6.07) is 17.2. The number of carbonyl (C=O) groups excluding carboxylic acids is 2. The second kappa shape index (κ2) is 15.1. The van der Waals surface area contributed by atoms with Gasteiger partial charge in [-0.3, -0.25) is 23.9 Å². The van der Waals surface area contributed by atoms with Crippen LogP contribution in [-0.4, -0.2) is 80.7 Å². The molecule has 7 rings (SSSR count). The Bertz CT molecular complexity index is 2240. The van der Waals surface area contributed by atoms with Gasteiger partial charge in [-0.2, -0.15) is 5.10 Å². The molecule has 0 saturated carbocycles. The Balaban J connectivity index is 1.13.